The largest absolute Gasteiger partial charge is 0.330 e. The fourth-order valence-corrected chi connectivity index (χ4v) is 2.91. The van der Waals surface area contributed by atoms with Gasteiger partial charge in [-0.2, -0.15) is 0 Å². The van der Waals surface area contributed by atoms with Gasteiger partial charge in [-0.15, -0.1) is 0 Å². The lowest BCUT2D eigenvalue weighted by atomic mass is 9.93. The van der Waals surface area contributed by atoms with Gasteiger partial charge < -0.3 is 5.73 Å². The number of nitrogens with zero attached hydrogens (tertiary/aromatic N) is 1. The molecule has 0 bridgehead atoms. The highest BCUT2D eigenvalue weighted by Crippen LogP contribution is 2.22. The first-order valence-corrected chi connectivity index (χ1v) is 7.32. The lowest BCUT2D eigenvalue weighted by Crippen LogP contribution is -2.35. The number of halogens is 1. The number of hydrogen-bond acceptors (Lipinski definition) is 2. The van der Waals surface area contributed by atoms with E-state index < -0.39 is 0 Å². The first kappa shape index (κ1) is 13.9. The summed E-state index contributed by atoms with van der Waals surface area (Å²) in [7, 11) is 0. The van der Waals surface area contributed by atoms with Crippen molar-refractivity contribution in [3.05, 3.63) is 34.9 Å². The Kier molecular flexibility index (Phi) is 5.48. The topological polar surface area (TPSA) is 29.3 Å². The number of hydrogen-bond donors (Lipinski definition) is 1. The first-order chi connectivity index (χ1) is 8.78. The van der Waals surface area contributed by atoms with Crippen molar-refractivity contribution >= 4 is 11.6 Å². The summed E-state index contributed by atoms with van der Waals surface area (Å²) in [6.45, 7) is 4.33. The molecule has 18 heavy (non-hydrogen) atoms. The standard InChI is InChI=1S/C15H23ClN2/c16-15-7-5-14(6-8-15)12-18-10-2-4-13(11-18)3-1-9-17/h5-8,13H,1-4,9-12,17H2. The summed E-state index contributed by atoms with van der Waals surface area (Å²) < 4.78 is 0. The van der Waals surface area contributed by atoms with E-state index in [2.05, 4.69) is 17.0 Å². The average Bonchev–Trinajstić information content (AvgIpc) is 2.40. The van der Waals surface area contributed by atoms with Crippen LogP contribution in [-0.2, 0) is 6.54 Å². The molecule has 0 aliphatic carbocycles. The molecule has 1 aliphatic rings. The highest BCUT2D eigenvalue weighted by Gasteiger charge is 2.19. The maximum Gasteiger partial charge on any atom is 0.0406 e. The number of rotatable bonds is 5. The minimum absolute atomic E-state index is 0.818. The molecule has 0 amide bonds. The van der Waals surface area contributed by atoms with Gasteiger partial charge in [-0.1, -0.05) is 23.7 Å². The van der Waals surface area contributed by atoms with Crippen molar-refractivity contribution in [2.45, 2.75) is 32.2 Å². The molecule has 2 rings (SSSR count). The molecule has 1 heterocycles. The van der Waals surface area contributed by atoms with Gasteiger partial charge in [0.2, 0.25) is 0 Å². The lowest BCUT2D eigenvalue weighted by molar-refractivity contribution is 0.160. The molecule has 2 nitrogen and oxygen atoms in total. The summed E-state index contributed by atoms with van der Waals surface area (Å²) in [4.78, 5) is 2.56. The van der Waals surface area contributed by atoms with E-state index >= 15 is 0 Å². The van der Waals surface area contributed by atoms with Gasteiger partial charge in [-0.05, 0) is 62.4 Å². The SMILES string of the molecule is NCCCC1CCCN(Cc2ccc(Cl)cc2)C1. The molecule has 0 saturated carbocycles. The Bertz CT molecular complexity index is 350. The number of likely N-dealkylation sites (tertiary alicyclic amines) is 1. The summed E-state index contributed by atoms with van der Waals surface area (Å²) in [6.07, 6.45) is 5.15. The van der Waals surface area contributed by atoms with E-state index in [1.54, 1.807) is 0 Å². The third kappa shape index (κ3) is 4.27. The van der Waals surface area contributed by atoms with Crippen LogP contribution in [0.15, 0.2) is 24.3 Å². The average molecular weight is 267 g/mol. The number of piperidine rings is 1. The van der Waals surface area contributed by atoms with Gasteiger partial charge in [-0.3, -0.25) is 4.90 Å². The molecule has 3 heteroatoms. The summed E-state index contributed by atoms with van der Waals surface area (Å²) >= 11 is 5.91. The summed E-state index contributed by atoms with van der Waals surface area (Å²) in [6, 6.07) is 8.22. The lowest BCUT2D eigenvalue weighted by Gasteiger charge is -2.32. The van der Waals surface area contributed by atoms with E-state index in [0.717, 1.165) is 24.0 Å². The fraction of sp³-hybridized carbons (Fsp3) is 0.600. The van der Waals surface area contributed by atoms with Crippen LogP contribution in [0.4, 0.5) is 0 Å². The molecular formula is C15H23ClN2. The van der Waals surface area contributed by atoms with Crippen molar-refractivity contribution in [1.82, 2.24) is 4.90 Å². The summed E-state index contributed by atoms with van der Waals surface area (Å²) in [5.41, 5.74) is 6.95. The monoisotopic (exact) mass is 266 g/mol. The van der Waals surface area contributed by atoms with Crippen molar-refractivity contribution in [1.29, 1.82) is 0 Å². The van der Waals surface area contributed by atoms with Crippen LogP contribution < -0.4 is 5.73 Å². The first-order valence-electron chi connectivity index (χ1n) is 6.95. The van der Waals surface area contributed by atoms with Crippen LogP contribution in [-0.4, -0.2) is 24.5 Å². The van der Waals surface area contributed by atoms with E-state index in [4.69, 9.17) is 17.3 Å². The van der Waals surface area contributed by atoms with Gasteiger partial charge in [0.1, 0.15) is 0 Å². The van der Waals surface area contributed by atoms with Crippen LogP contribution in [0.5, 0.6) is 0 Å². The molecule has 1 saturated heterocycles. The van der Waals surface area contributed by atoms with E-state index in [-0.39, 0.29) is 0 Å². The molecule has 100 valence electrons. The molecule has 2 N–H and O–H groups in total. The van der Waals surface area contributed by atoms with Crippen LogP contribution in [0.25, 0.3) is 0 Å². The third-order valence-electron chi connectivity index (χ3n) is 3.74. The Morgan fingerprint density at radius 2 is 2.06 bits per heavy atom. The molecule has 1 aromatic carbocycles. The zero-order valence-corrected chi connectivity index (χ0v) is 11.7. The number of nitrogens with two attached hydrogens (primary N) is 1. The zero-order valence-electron chi connectivity index (χ0n) is 10.9. The molecule has 1 aliphatic heterocycles. The van der Waals surface area contributed by atoms with Crippen molar-refractivity contribution < 1.29 is 0 Å². The van der Waals surface area contributed by atoms with Gasteiger partial charge in [0.05, 0.1) is 0 Å². The van der Waals surface area contributed by atoms with Gasteiger partial charge >= 0.3 is 0 Å². The maximum absolute atomic E-state index is 5.91. The minimum Gasteiger partial charge on any atom is -0.330 e. The highest BCUT2D eigenvalue weighted by molar-refractivity contribution is 6.30. The second kappa shape index (κ2) is 7.13. The fourth-order valence-electron chi connectivity index (χ4n) is 2.79. The quantitative estimate of drug-likeness (QED) is 0.886. The van der Waals surface area contributed by atoms with Crippen LogP contribution in [0.2, 0.25) is 5.02 Å². The second-order valence-electron chi connectivity index (χ2n) is 5.30. The number of benzene rings is 1. The molecule has 0 aromatic heterocycles. The van der Waals surface area contributed by atoms with E-state index in [1.807, 2.05) is 12.1 Å². The predicted octanol–water partition coefficient (Wildman–Crippen LogP) is 3.29. The Hall–Kier alpha value is -0.570. The Balaban J connectivity index is 1.83. The van der Waals surface area contributed by atoms with Gasteiger partial charge in [0.25, 0.3) is 0 Å². The van der Waals surface area contributed by atoms with Gasteiger partial charge in [0.15, 0.2) is 0 Å². The zero-order chi connectivity index (χ0) is 12.8. The smallest absolute Gasteiger partial charge is 0.0406 e. The minimum atomic E-state index is 0.818. The molecule has 0 radical (unpaired) electrons. The van der Waals surface area contributed by atoms with Crippen molar-refractivity contribution in [3.63, 3.8) is 0 Å². The maximum atomic E-state index is 5.91. The molecule has 1 atom stereocenters. The van der Waals surface area contributed by atoms with Crippen molar-refractivity contribution in [2.24, 2.45) is 11.7 Å². The summed E-state index contributed by atoms with van der Waals surface area (Å²) in [5, 5.41) is 0.818. The summed E-state index contributed by atoms with van der Waals surface area (Å²) in [5.74, 6) is 0.842. The van der Waals surface area contributed by atoms with Crippen molar-refractivity contribution in [2.75, 3.05) is 19.6 Å². The molecule has 1 aromatic rings. The highest BCUT2D eigenvalue weighted by atomic mass is 35.5. The molecule has 0 spiro atoms. The Labute approximate surface area is 115 Å². The molecular weight excluding hydrogens is 244 g/mol. The molecule has 1 unspecified atom stereocenters. The van der Waals surface area contributed by atoms with Crippen molar-refractivity contribution in [3.8, 4) is 0 Å². The normalized spacial score (nSPS) is 21.1. The van der Waals surface area contributed by atoms with Crippen LogP contribution in [0.3, 0.4) is 0 Å². The van der Waals surface area contributed by atoms with E-state index in [1.165, 1.54) is 44.3 Å². The molecule has 1 fully saturated rings. The van der Waals surface area contributed by atoms with E-state index in [9.17, 15) is 0 Å². The third-order valence-corrected chi connectivity index (χ3v) is 3.99. The van der Waals surface area contributed by atoms with Gasteiger partial charge in [0, 0.05) is 18.1 Å². The second-order valence-corrected chi connectivity index (χ2v) is 5.74. The predicted molar refractivity (Wildman–Crippen MR) is 77.7 cm³/mol. The van der Waals surface area contributed by atoms with Gasteiger partial charge in [-0.25, -0.2) is 0 Å². The van der Waals surface area contributed by atoms with Crippen LogP contribution in [0, 0.1) is 5.92 Å². The van der Waals surface area contributed by atoms with E-state index in [0.29, 0.717) is 0 Å². The Morgan fingerprint density at radius 1 is 1.28 bits per heavy atom. The Morgan fingerprint density at radius 3 is 2.78 bits per heavy atom. The van der Waals surface area contributed by atoms with Crippen LogP contribution >= 0.6 is 11.6 Å². The van der Waals surface area contributed by atoms with Crippen LogP contribution in [0.1, 0.15) is 31.2 Å².